The van der Waals surface area contributed by atoms with Crippen molar-refractivity contribution in [3.63, 3.8) is 0 Å². The highest BCUT2D eigenvalue weighted by atomic mass is 32.2. The van der Waals surface area contributed by atoms with E-state index in [1.54, 1.807) is 39.9 Å². The molecule has 71 heavy (non-hydrogen) atoms. The van der Waals surface area contributed by atoms with Crippen molar-refractivity contribution in [3.8, 4) is 5.75 Å². The number of ether oxygens (including phenoxy) is 4. The number of imidazole rings is 2. The number of methoxy groups -OCH3 is 2. The molecule has 4 aromatic heterocycles. The molecule has 0 atom stereocenters. The first-order valence-electron chi connectivity index (χ1n) is 23.4. The minimum atomic E-state index is -0.583. The summed E-state index contributed by atoms with van der Waals surface area (Å²) >= 11 is 2.72. The number of fused-ring (bicyclic) bond motifs is 2. The molecule has 6 aromatic rings. The molecule has 0 spiro atoms. The molecule has 0 radical (unpaired) electrons. The molecule has 0 bridgehead atoms. The van der Waals surface area contributed by atoms with E-state index in [1.807, 2.05) is 76.0 Å². The Balaban J connectivity index is 1.21. The summed E-state index contributed by atoms with van der Waals surface area (Å²) in [4.78, 5) is 85.7. The second-order valence-corrected chi connectivity index (χ2v) is 19.8. The van der Waals surface area contributed by atoms with Crippen LogP contribution in [-0.4, -0.2) is 139 Å². The van der Waals surface area contributed by atoms with Gasteiger partial charge < -0.3 is 33.0 Å². The Hall–Kier alpha value is -6.78. The lowest BCUT2D eigenvalue weighted by Gasteiger charge is -2.35. The van der Waals surface area contributed by atoms with Crippen molar-refractivity contribution in [2.24, 2.45) is 0 Å². The number of amides is 3. The fourth-order valence-corrected chi connectivity index (χ4v) is 9.79. The molecule has 5 heterocycles. The number of hydrogen-bond donors (Lipinski definition) is 2. The van der Waals surface area contributed by atoms with E-state index < -0.39 is 23.4 Å². The first-order valence-corrected chi connectivity index (χ1v) is 25.4. The number of anilines is 2. The normalized spacial score (nSPS) is 13.3. The van der Waals surface area contributed by atoms with Gasteiger partial charge in [-0.2, -0.15) is 5.10 Å². The Morgan fingerprint density at radius 3 is 2.00 bits per heavy atom. The van der Waals surface area contributed by atoms with Crippen LogP contribution in [0.15, 0.2) is 47.4 Å². The van der Waals surface area contributed by atoms with Crippen LogP contribution in [0.3, 0.4) is 0 Å². The summed E-state index contributed by atoms with van der Waals surface area (Å²) in [6.45, 7) is 17.4. The number of thioether (sulfide) groups is 1. The third kappa shape index (κ3) is 12.1. The third-order valence-electron chi connectivity index (χ3n) is 11.5. The van der Waals surface area contributed by atoms with Gasteiger partial charge in [0.2, 0.25) is 11.9 Å². The Kier molecular flexibility index (Phi) is 16.5. The molecule has 1 aliphatic rings. The number of aryl methyl sites for hydroxylation is 4. The van der Waals surface area contributed by atoms with E-state index >= 15 is 0 Å². The number of esters is 2. The van der Waals surface area contributed by atoms with Crippen LogP contribution < -0.4 is 15.4 Å². The monoisotopic (exact) mass is 1010 g/mol. The lowest BCUT2D eigenvalue weighted by molar-refractivity contribution is 0.0141. The van der Waals surface area contributed by atoms with Crippen molar-refractivity contribution in [2.75, 3.05) is 70.4 Å². The van der Waals surface area contributed by atoms with Gasteiger partial charge in [0.1, 0.15) is 27.4 Å². The Bertz CT molecular complexity index is 2990. The Labute approximate surface area is 420 Å². The Morgan fingerprint density at radius 1 is 0.803 bits per heavy atom. The quantitative estimate of drug-likeness (QED) is 0.0278. The summed E-state index contributed by atoms with van der Waals surface area (Å²) < 4.78 is 27.5. The van der Waals surface area contributed by atoms with Gasteiger partial charge in [-0.15, -0.1) is 23.1 Å². The van der Waals surface area contributed by atoms with Gasteiger partial charge in [0, 0.05) is 57.3 Å². The highest BCUT2D eigenvalue weighted by molar-refractivity contribution is 7.98. The first-order chi connectivity index (χ1) is 33.9. The molecule has 22 heteroatoms. The van der Waals surface area contributed by atoms with Crippen molar-refractivity contribution in [1.82, 2.24) is 43.7 Å². The van der Waals surface area contributed by atoms with Gasteiger partial charge in [0.15, 0.2) is 0 Å². The summed E-state index contributed by atoms with van der Waals surface area (Å²) in [6, 6.07) is 8.30. The number of nitrogens with one attached hydrogen (secondary N) is 2. The smallest absolute Gasteiger partial charge is 0.410 e. The maximum absolute atomic E-state index is 14.0. The minimum absolute atomic E-state index is 0.176. The van der Waals surface area contributed by atoms with Crippen molar-refractivity contribution >= 4 is 86.9 Å². The highest BCUT2D eigenvalue weighted by Crippen LogP contribution is 2.34. The molecule has 7 rings (SSSR count). The first kappa shape index (κ1) is 52.1. The van der Waals surface area contributed by atoms with Crippen molar-refractivity contribution in [1.29, 1.82) is 0 Å². The molecule has 1 fully saturated rings. The van der Waals surface area contributed by atoms with E-state index in [9.17, 15) is 24.0 Å². The van der Waals surface area contributed by atoms with E-state index in [0.29, 0.717) is 107 Å². The van der Waals surface area contributed by atoms with Crippen molar-refractivity contribution in [3.05, 3.63) is 80.6 Å². The third-order valence-corrected chi connectivity index (χ3v) is 13.3. The highest BCUT2D eigenvalue weighted by Gasteiger charge is 2.27. The zero-order valence-corrected chi connectivity index (χ0v) is 43.5. The molecule has 0 aliphatic carbocycles. The SMILES string of the molecule is CCc1nc(C)sc1C(=O)Nc1nc2cc(C(=O)OC)cc(OCCCN3CCN(C(=O)OC(C)(C)C)CC3)c2n1C/C=C/Cn1c(NC(=O)c2cc(C)nn2CC)nc2cc(C(=O)OC)cc(SC)c21. The maximum Gasteiger partial charge on any atom is 0.410 e. The maximum atomic E-state index is 14.0. The van der Waals surface area contributed by atoms with E-state index in [1.165, 1.54) is 37.3 Å². The van der Waals surface area contributed by atoms with Crippen LogP contribution in [0, 0.1) is 13.8 Å². The van der Waals surface area contributed by atoms with Crippen LogP contribution in [0.2, 0.25) is 0 Å². The predicted molar refractivity (Wildman–Crippen MR) is 272 cm³/mol. The van der Waals surface area contributed by atoms with Gasteiger partial charge in [0.25, 0.3) is 11.8 Å². The van der Waals surface area contributed by atoms with Gasteiger partial charge in [-0.25, -0.2) is 29.3 Å². The average Bonchev–Trinajstić information content (AvgIpc) is 4.12. The number of carbonyl (C=O) groups excluding carboxylic acids is 5. The van der Waals surface area contributed by atoms with E-state index in [0.717, 1.165) is 9.90 Å². The fraction of sp³-hybridized carbons (Fsp3) is 0.449. The molecule has 2 N–H and O–H groups in total. The second-order valence-electron chi connectivity index (χ2n) is 17.7. The molecule has 2 aromatic carbocycles. The number of nitrogens with zero attached hydrogens (tertiary/aromatic N) is 9. The molecule has 1 aliphatic heterocycles. The second kappa shape index (κ2) is 22.5. The summed E-state index contributed by atoms with van der Waals surface area (Å²) in [7, 11) is 2.62. The number of rotatable bonds is 18. The number of piperazine rings is 1. The summed E-state index contributed by atoms with van der Waals surface area (Å²) in [5.74, 6) is -1.07. The summed E-state index contributed by atoms with van der Waals surface area (Å²) in [5, 5.41) is 11.2. The lowest BCUT2D eigenvalue weighted by Crippen LogP contribution is -2.50. The van der Waals surface area contributed by atoms with Gasteiger partial charge in [-0.3, -0.25) is 29.8 Å². The average molecular weight is 1010 g/mol. The predicted octanol–water partition coefficient (Wildman–Crippen LogP) is 7.62. The molecular weight excluding hydrogens is 951 g/mol. The molecule has 20 nitrogen and oxygen atoms in total. The van der Waals surface area contributed by atoms with Crippen LogP contribution in [-0.2, 0) is 40.3 Å². The molecule has 0 unspecified atom stereocenters. The number of aromatic nitrogens is 7. The number of thiazole rings is 1. The van der Waals surface area contributed by atoms with E-state index in [2.05, 4.69) is 25.6 Å². The number of benzene rings is 2. The lowest BCUT2D eigenvalue weighted by atomic mass is 10.2. The molecule has 0 saturated carbocycles. The molecular formula is C49H61N11O9S2. The Morgan fingerprint density at radius 2 is 1.41 bits per heavy atom. The summed E-state index contributed by atoms with van der Waals surface area (Å²) in [5.41, 5.74) is 3.78. The molecule has 3 amide bonds. The zero-order chi connectivity index (χ0) is 51.1. The van der Waals surface area contributed by atoms with Gasteiger partial charge in [0.05, 0.1) is 64.9 Å². The van der Waals surface area contributed by atoms with Gasteiger partial charge >= 0.3 is 18.0 Å². The zero-order valence-electron chi connectivity index (χ0n) is 41.8. The van der Waals surface area contributed by atoms with Gasteiger partial charge in [-0.05, 0) is 91.0 Å². The summed E-state index contributed by atoms with van der Waals surface area (Å²) in [6.07, 6.45) is 6.56. The van der Waals surface area contributed by atoms with Crippen LogP contribution in [0.1, 0.15) is 98.3 Å². The van der Waals surface area contributed by atoms with Crippen LogP contribution in [0.5, 0.6) is 5.75 Å². The largest absolute Gasteiger partial charge is 0.491 e. The van der Waals surface area contributed by atoms with Crippen LogP contribution >= 0.6 is 23.1 Å². The molecule has 378 valence electrons. The number of allylic oxidation sites excluding steroid dienone is 2. The minimum Gasteiger partial charge on any atom is -0.491 e. The topological polar surface area (TPSA) is 219 Å². The number of hydrogen-bond acceptors (Lipinski definition) is 16. The van der Waals surface area contributed by atoms with Crippen molar-refractivity contribution in [2.45, 2.75) is 91.4 Å². The molecule has 1 saturated heterocycles. The van der Waals surface area contributed by atoms with Gasteiger partial charge in [-0.1, -0.05) is 19.1 Å². The van der Waals surface area contributed by atoms with Crippen LogP contribution in [0.25, 0.3) is 22.1 Å². The van der Waals surface area contributed by atoms with E-state index in [-0.39, 0.29) is 49.2 Å². The standard InChI is InChI=1S/C49H61N11O9S2/c1-11-33-41(71-30(4)50-33)43(62)54-47-51-34-25-31(44(63)66-8)27-37(68-23-15-16-56-19-21-57(22-20-56)48(65)69-49(5,6)7)39(34)58(47)17-13-14-18-59-40-35(26-32(45(64)67-9)28-38(40)70-10)52-46(59)53-42(61)36-24-29(3)55-60(36)12-2/h13-14,24-28H,11-12,15-23H2,1-10H3,(H,51,54,62)(H,52,53,61)/b14-13+. The van der Waals surface area contributed by atoms with Crippen LogP contribution in [0.4, 0.5) is 16.7 Å². The van der Waals surface area contributed by atoms with Crippen molar-refractivity contribution < 1.29 is 42.9 Å². The number of carbonyl (C=O) groups is 5. The van der Waals surface area contributed by atoms with E-state index in [4.69, 9.17) is 28.9 Å². The fourth-order valence-electron chi connectivity index (χ4n) is 8.23.